The van der Waals surface area contributed by atoms with Gasteiger partial charge in [0.25, 0.3) is 0 Å². The Kier molecular flexibility index (Phi) is 3.57. The highest BCUT2D eigenvalue weighted by Crippen LogP contribution is 2.32. The summed E-state index contributed by atoms with van der Waals surface area (Å²) in [7, 11) is 0. The van der Waals surface area contributed by atoms with Crippen LogP contribution in [0.2, 0.25) is 0 Å². The smallest absolute Gasteiger partial charge is 0.0500 e. The molecule has 5 aromatic rings. The van der Waals surface area contributed by atoms with Crippen molar-refractivity contribution in [2.24, 2.45) is 0 Å². The fourth-order valence-corrected chi connectivity index (χ4v) is 3.80. The van der Waals surface area contributed by atoms with Crippen LogP contribution in [-0.4, -0.2) is 4.57 Å². The van der Waals surface area contributed by atoms with Gasteiger partial charge < -0.3 is 4.57 Å². The van der Waals surface area contributed by atoms with E-state index in [-0.39, 0.29) is 0 Å². The third-order valence-electron chi connectivity index (χ3n) is 5.06. The molecule has 26 heavy (non-hydrogen) atoms. The van der Waals surface area contributed by atoms with Gasteiger partial charge in [0.1, 0.15) is 0 Å². The van der Waals surface area contributed by atoms with Gasteiger partial charge in [0, 0.05) is 22.8 Å². The lowest BCUT2D eigenvalue weighted by Crippen LogP contribution is -1.99. The van der Waals surface area contributed by atoms with E-state index in [4.69, 9.17) is 0 Å². The van der Waals surface area contributed by atoms with Gasteiger partial charge in [0.15, 0.2) is 0 Å². The molecule has 0 aliphatic rings. The van der Waals surface area contributed by atoms with Gasteiger partial charge >= 0.3 is 0 Å². The van der Waals surface area contributed by atoms with Crippen LogP contribution in [0.1, 0.15) is 5.56 Å². The molecular weight excluding hydrogens is 314 g/mol. The molecule has 0 aliphatic heterocycles. The van der Waals surface area contributed by atoms with Crippen molar-refractivity contribution >= 4 is 21.8 Å². The summed E-state index contributed by atoms with van der Waals surface area (Å²) in [6.45, 7) is 0.878. The molecule has 0 unspecified atom stereocenters. The fourth-order valence-electron chi connectivity index (χ4n) is 3.80. The SMILES string of the molecule is c1ccc(Cn2c3ccccc3c3ccc(-c4ccccc4)cc32)cc1. The molecule has 0 saturated carbocycles. The normalized spacial score (nSPS) is 11.2. The molecule has 0 atom stereocenters. The molecule has 5 rings (SSSR count). The number of benzene rings is 4. The molecule has 1 heterocycles. The van der Waals surface area contributed by atoms with E-state index < -0.39 is 0 Å². The maximum atomic E-state index is 2.44. The largest absolute Gasteiger partial charge is 0.336 e. The van der Waals surface area contributed by atoms with Gasteiger partial charge in [-0.2, -0.15) is 0 Å². The number of para-hydroxylation sites is 1. The number of nitrogens with zero attached hydrogens (tertiary/aromatic N) is 1. The van der Waals surface area contributed by atoms with Crippen LogP contribution in [0.3, 0.4) is 0 Å². The molecule has 0 N–H and O–H groups in total. The minimum absolute atomic E-state index is 0.878. The van der Waals surface area contributed by atoms with Gasteiger partial charge in [-0.15, -0.1) is 0 Å². The molecule has 1 heteroatoms. The summed E-state index contributed by atoms with van der Waals surface area (Å²) in [6.07, 6.45) is 0. The van der Waals surface area contributed by atoms with Gasteiger partial charge in [-0.1, -0.05) is 91.0 Å². The molecule has 124 valence electrons. The standard InChI is InChI=1S/C25H19N/c1-3-9-19(10-4-1)18-26-24-14-8-7-13-22(24)23-16-15-21(17-25(23)26)20-11-5-2-6-12-20/h1-17H,18H2. The summed E-state index contributed by atoms with van der Waals surface area (Å²) < 4.78 is 2.44. The summed E-state index contributed by atoms with van der Waals surface area (Å²) in [6, 6.07) is 36.8. The second kappa shape index (κ2) is 6.20. The van der Waals surface area contributed by atoms with Crippen LogP contribution in [0.4, 0.5) is 0 Å². The van der Waals surface area contributed by atoms with Crippen molar-refractivity contribution in [3.63, 3.8) is 0 Å². The Morgan fingerprint density at radius 2 is 1.15 bits per heavy atom. The first kappa shape index (κ1) is 15.0. The first-order valence-corrected chi connectivity index (χ1v) is 9.00. The Bertz CT molecular complexity index is 1180. The van der Waals surface area contributed by atoms with Crippen molar-refractivity contribution < 1.29 is 0 Å². The summed E-state index contributed by atoms with van der Waals surface area (Å²) in [4.78, 5) is 0. The van der Waals surface area contributed by atoms with Crippen LogP contribution in [0, 0.1) is 0 Å². The van der Waals surface area contributed by atoms with Crippen molar-refractivity contribution in [3.8, 4) is 11.1 Å². The zero-order valence-corrected chi connectivity index (χ0v) is 14.5. The first-order chi connectivity index (χ1) is 12.9. The predicted octanol–water partition coefficient (Wildman–Crippen LogP) is 6.51. The lowest BCUT2D eigenvalue weighted by molar-refractivity contribution is 0.869. The summed E-state index contributed by atoms with van der Waals surface area (Å²) in [5, 5.41) is 2.63. The van der Waals surface area contributed by atoms with Crippen LogP contribution in [0.25, 0.3) is 32.9 Å². The Morgan fingerprint density at radius 3 is 1.96 bits per heavy atom. The van der Waals surface area contributed by atoms with Crippen molar-refractivity contribution in [2.45, 2.75) is 6.54 Å². The van der Waals surface area contributed by atoms with E-state index >= 15 is 0 Å². The van der Waals surface area contributed by atoms with Crippen molar-refractivity contribution in [2.75, 3.05) is 0 Å². The van der Waals surface area contributed by atoms with Crippen molar-refractivity contribution in [1.82, 2.24) is 4.57 Å². The fraction of sp³-hybridized carbons (Fsp3) is 0.0400. The minimum atomic E-state index is 0.878. The molecule has 0 spiro atoms. The van der Waals surface area contributed by atoms with Crippen LogP contribution < -0.4 is 0 Å². The van der Waals surface area contributed by atoms with Gasteiger partial charge in [0.2, 0.25) is 0 Å². The molecular formula is C25H19N. The first-order valence-electron chi connectivity index (χ1n) is 9.00. The van der Waals surface area contributed by atoms with E-state index in [9.17, 15) is 0 Å². The van der Waals surface area contributed by atoms with Crippen LogP contribution in [-0.2, 0) is 6.54 Å². The highest BCUT2D eigenvalue weighted by molar-refractivity contribution is 6.09. The maximum absolute atomic E-state index is 2.44. The van der Waals surface area contributed by atoms with Crippen LogP contribution in [0.15, 0.2) is 103 Å². The molecule has 0 amide bonds. The van der Waals surface area contributed by atoms with E-state index in [1.54, 1.807) is 0 Å². The number of hydrogen-bond donors (Lipinski definition) is 0. The summed E-state index contributed by atoms with van der Waals surface area (Å²) >= 11 is 0. The Balaban J connectivity index is 1.76. The second-order valence-corrected chi connectivity index (χ2v) is 6.69. The quantitative estimate of drug-likeness (QED) is 0.355. The average molecular weight is 333 g/mol. The number of hydrogen-bond acceptors (Lipinski definition) is 0. The second-order valence-electron chi connectivity index (χ2n) is 6.69. The lowest BCUT2D eigenvalue weighted by atomic mass is 10.0. The van der Waals surface area contributed by atoms with E-state index in [2.05, 4.69) is 108 Å². The Hall–Kier alpha value is -3.32. The number of aromatic nitrogens is 1. The van der Waals surface area contributed by atoms with Crippen LogP contribution in [0.5, 0.6) is 0 Å². The topological polar surface area (TPSA) is 4.93 Å². The third kappa shape index (κ3) is 2.49. The van der Waals surface area contributed by atoms with E-state index in [0.717, 1.165) is 6.54 Å². The zero-order valence-electron chi connectivity index (χ0n) is 14.5. The highest BCUT2D eigenvalue weighted by atomic mass is 15.0. The summed E-state index contributed by atoms with van der Waals surface area (Å²) in [5.74, 6) is 0. The van der Waals surface area contributed by atoms with E-state index in [0.29, 0.717) is 0 Å². The van der Waals surface area contributed by atoms with Crippen molar-refractivity contribution in [1.29, 1.82) is 0 Å². The van der Waals surface area contributed by atoms with E-state index in [1.165, 1.54) is 38.5 Å². The van der Waals surface area contributed by atoms with Crippen molar-refractivity contribution in [3.05, 3.63) is 109 Å². The Labute approximate surface area is 153 Å². The third-order valence-corrected chi connectivity index (χ3v) is 5.06. The average Bonchev–Trinajstić information content (AvgIpc) is 3.03. The highest BCUT2D eigenvalue weighted by Gasteiger charge is 2.11. The van der Waals surface area contributed by atoms with Gasteiger partial charge in [-0.25, -0.2) is 0 Å². The summed E-state index contributed by atoms with van der Waals surface area (Å²) in [5.41, 5.74) is 6.41. The monoisotopic (exact) mass is 333 g/mol. The molecule has 1 aromatic heterocycles. The predicted molar refractivity (Wildman–Crippen MR) is 110 cm³/mol. The molecule has 0 aliphatic carbocycles. The Morgan fingerprint density at radius 1 is 0.500 bits per heavy atom. The lowest BCUT2D eigenvalue weighted by Gasteiger charge is -2.09. The van der Waals surface area contributed by atoms with Gasteiger partial charge in [0.05, 0.1) is 5.52 Å². The molecule has 0 saturated heterocycles. The zero-order chi connectivity index (χ0) is 17.3. The minimum Gasteiger partial charge on any atom is -0.336 e. The van der Waals surface area contributed by atoms with Gasteiger partial charge in [-0.3, -0.25) is 0 Å². The molecule has 0 bridgehead atoms. The molecule has 4 aromatic carbocycles. The maximum Gasteiger partial charge on any atom is 0.0500 e. The number of rotatable bonds is 3. The van der Waals surface area contributed by atoms with Gasteiger partial charge in [-0.05, 0) is 28.8 Å². The molecule has 0 radical (unpaired) electrons. The number of fused-ring (bicyclic) bond motifs is 3. The molecule has 0 fully saturated rings. The van der Waals surface area contributed by atoms with E-state index in [1.807, 2.05) is 0 Å². The van der Waals surface area contributed by atoms with Crippen LogP contribution >= 0.6 is 0 Å². The molecule has 1 nitrogen and oxygen atoms in total.